The zero-order valence-electron chi connectivity index (χ0n) is 11.1. The van der Waals surface area contributed by atoms with Crippen LogP contribution in [-0.2, 0) is 4.79 Å². The molecular weight excluding hydrogens is 214 g/mol. The molecule has 2 fully saturated rings. The summed E-state index contributed by atoms with van der Waals surface area (Å²) in [5, 5.41) is 3.28. The molecule has 1 amide bonds. The molecule has 2 atom stereocenters. The fourth-order valence-electron chi connectivity index (χ4n) is 3.13. The highest BCUT2D eigenvalue weighted by atomic mass is 16.2. The monoisotopic (exact) mass is 239 g/mol. The van der Waals surface area contributed by atoms with Gasteiger partial charge in [0.15, 0.2) is 0 Å². The number of carbonyl (C=O) groups excluding carboxylic acids is 1. The molecule has 0 aromatic carbocycles. The highest BCUT2D eigenvalue weighted by molar-refractivity contribution is 5.78. The van der Waals surface area contributed by atoms with Gasteiger partial charge in [0.05, 0.1) is 6.54 Å². The van der Waals surface area contributed by atoms with E-state index in [1.54, 1.807) is 0 Å². The molecule has 98 valence electrons. The molecule has 4 nitrogen and oxygen atoms in total. The van der Waals surface area contributed by atoms with Gasteiger partial charge in [0, 0.05) is 32.2 Å². The van der Waals surface area contributed by atoms with Crippen LogP contribution in [0.2, 0.25) is 0 Å². The van der Waals surface area contributed by atoms with Crippen LogP contribution < -0.4 is 5.32 Å². The molecular formula is C13H25N3O. The highest BCUT2D eigenvalue weighted by Crippen LogP contribution is 2.28. The van der Waals surface area contributed by atoms with Crippen molar-refractivity contribution in [1.29, 1.82) is 0 Å². The molecule has 2 rings (SSSR count). The average molecular weight is 239 g/mol. The van der Waals surface area contributed by atoms with Gasteiger partial charge in [0.1, 0.15) is 0 Å². The Bertz CT molecular complexity index is 263. The molecule has 1 N–H and O–H groups in total. The second kappa shape index (κ2) is 5.83. The Balaban J connectivity index is 1.80. The maximum absolute atomic E-state index is 12.1. The molecule has 2 unspecified atom stereocenters. The Labute approximate surface area is 104 Å². The summed E-state index contributed by atoms with van der Waals surface area (Å²) in [5.41, 5.74) is 0. The van der Waals surface area contributed by atoms with Crippen molar-refractivity contribution in [3.63, 3.8) is 0 Å². The predicted molar refractivity (Wildman–Crippen MR) is 68.9 cm³/mol. The Kier molecular flexibility index (Phi) is 4.40. The largest absolute Gasteiger partial charge is 0.339 e. The number of likely N-dealkylation sites (N-methyl/N-ethyl adjacent to an activating group) is 1. The van der Waals surface area contributed by atoms with Gasteiger partial charge in [0.25, 0.3) is 0 Å². The Morgan fingerprint density at radius 1 is 1.35 bits per heavy atom. The SMILES string of the molecule is CC1CCCC1N(C)CC(=O)N1CCNCC1. The van der Waals surface area contributed by atoms with Gasteiger partial charge in [-0.3, -0.25) is 9.69 Å². The third kappa shape index (κ3) is 3.19. The normalized spacial score (nSPS) is 29.9. The smallest absolute Gasteiger partial charge is 0.236 e. The van der Waals surface area contributed by atoms with Crippen molar-refractivity contribution in [1.82, 2.24) is 15.1 Å². The van der Waals surface area contributed by atoms with E-state index in [1.807, 2.05) is 4.90 Å². The quantitative estimate of drug-likeness (QED) is 0.781. The molecule has 2 aliphatic rings. The topological polar surface area (TPSA) is 35.6 Å². The lowest BCUT2D eigenvalue weighted by Crippen LogP contribution is -2.50. The van der Waals surface area contributed by atoms with Crippen molar-refractivity contribution in [3.05, 3.63) is 0 Å². The summed E-state index contributed by atoms with van der Waals surface area (Å²) in [5.74, 6) is 1.05. The van der Waals surface area contributed by atoms with Crippen LogP contribution in [0.15, 0.2) is 0 Å². The van der Waals surface area contributed by atoms with E-state index in [0.29, 0.717) is 18.5 Å². The lowest BCUT2D eigenvalue weighted by atomic mass is 10.1. The Hall–Kier alpha value is -0.610. The van der Waals surface area contributed by atoms with E-state index >= 15 is 0 Å². The first kappa shape index (κ1) is 12.8. The second-order valence-electron chi connectivity index (χ2n) is 5.52. The summed E-state index contributed by atoms with van der Waals surface area (Å²) in [7, 11) is 2.10. The van der Waals surface area contributed by atoms with Crippen molar-refractivity contribution in [3.8, 4) is 0 Å². The van der Waals surface area contributed by atoms with E-state index in [1.165, 1.54) is 19.3 Å². The third-order valence-electron chi connectivity index (χ3n) is 4.24. The molecule has 1 aliphatic heterocycles. The third-order valence-corrected chi connectivity index (χ3v) is 4.24. The van der Waals surface area contributed by atoms with Crippen molar-refractivity contribution in [2.24, 2.45) is 5.92 Å². The molecule has 0 aromatic heterocycles. The minimum Gasteiger partial charge on any atom is -0.339 e. The zero-order valence-corrected chi connectivity index (χ0v) is 11.1. The van der Waals surface area contributed by atoms with Crippen molar-refractivity contribution >= 4 is 5.91 Å². The molecule has 17 heavy (non-hydrogen) atoms. The number of nitrogens with zero attached hydrogens (tertiary/aromatic N) is 2. The first-order valence-corrected chi connectivity index (χ1v) is 6.87. The van der Waals surface area contributed by atoms with Gasteiger partial charge >= 0.3 is 0 Å². The molecule has 1 saturated carbocycles. The van der Waals surface area contributed by atoms with E-state index in [4.69, 9.17) is 0 Å². The van der Waals surface area contributed by atoms with Gasteiger partial charge in [-0.1, -0.05) is 13.3 Å². The van der Waals surface area contributed by atoms with Crippen LogP contribution in [0.3, 0.4) is 0 Å². The van der Waals surface area contributed by atoms with Crippen molar-refractivity contribution < 1.29 is 4.79 Å². The standard InChI is InChI=1S/C13H25N3O/c1-11-4-3-5-12(11)15(2)10-13(17)16-8-6-14-7-9-16/h11-12,14H,3-10H2,1-2H3. The summed E-state index contributed by atoms with van der Waals surface area (Å²) in [6, 6.07) is 0.613. The molecule has 0 radical (unpaired) electrons. The van der Waals surface area contributed by atoms with E-state index < -0.39 is 0 Å². The molecule has 4 heteroatoms. The molecule has 1 aliphatic carbocycles. The van der Waals surface area contributed by atoms with Crippen molar-refractivity contribution in [2.45, 2.75) is 32.2 Å². The van der Waals surface area contributed by atoms with Gasteiger partial charge in [-0.25, -0.2) is 0 Å². The minimum atomic E-state index is 0.299. The van der Waals surface area contributed by atoms with Crippen LogP contribution in [0.25, 0.3) is 0 Å². The van der Waals surface area contributed by atoms with E-state index in [-0.39, 0.29) is 0 Å². The van der Waals surface area contributed by atoms with Crippen LogP contribution in [0.4, 0.5) is 0 Å². The minimum absolute atomic E-state index is 0.299. The van der Waals surface area contributed by atoms with Gasteiger partial charge in [0.2, 0.25) is 5.91 Å². The van der Waals surface area contributed by atoms with Gasteiger partial charge in [-0.05, 0) is 25.8 Å². The molecule has 1 saturated heterocycles. The maximum atomic E-state index is 12.1. The second-order valence-corrected chi connectivity index (χ2v) is 5.52. The number of rotatable bonds is 3. The van der Waals surface area contributed by atoms with Crippen LogP contribution in [0, 0.1) is 5.92 Å². The average Bonchev–Trinajstić information content (AvgIpc) is 2.76. The summed E-state index contributed by atoms with van der Waals surface area (Å²) < 4.78 is 0. The number of hydrogen-bond donors (Lipinski definition) is 1. The maximum Gasteiger partial charge on any atom is 0.236 e. The van der Waals surface area contributed by atoms with E-state index in [9.17, 15) is 4.79 Å². The molecule has 1 heterocycles. The first-order valence-electron chi connectivity index (χ1n) is 6.87. The lowest BCUT2D eigenvalue weighted by Gasteiger charge is -2.32. The Morgan fingerprint density at radius 2 is 2.06 bits per heavy atom. The van der Waals surface area contributed by atoms with Crippen LogP contribution in [-0.4, -0.2) is 61.5 Å². The number of nitrogens with one attached hydrogen (secondary N) is 1. The summed E-state index contributed by atoms with van der Waals surface area (Å²) in [6.45, 7) is 6.52. The number of piperazine rings is 1. The van der Waals surface area contributed by atoms with Crippen LogP contribution >= 0.6 is 0 Å². The van der Waals surface area contributed by atoms with Gasteiger partial charge < -0.3 is 10.2 Å². The summed E-state index contributed by atoms with van der Waals surface area (Å²) in [4.78, 5) is 16.4. The van der Waals surface area contributed by atoms with E-state index in [2.05, 4.69) is 24.2 Å². The predicted octanol–water partition coefficient (Wildman–Crippen LogP) is 0.539. The van der Waals surface area contributed by atoms with Crippen LogP contribution in [0.1, 0.15) is 26.2 Å². The fraction of sp³-hybridized carbons (Fsp3) is 0.923. The van der Waals surface area contributed by atoms with E-state index in [0.717, 1.165) is 32.1 Å². The molecule has 0 spiro atoms. The summed E-state index contributed by atoms with van der Waals surface area (Å²) >= 11 is 0. The summed E-state index contributed by atoms with van der Waals surface area (Å²) in [6.07, 6.45) is 3.89. The number of carbonyl (C=O) groups is 1. The lowest BCUT2D eigenvalue weighted by molar-refractivity contribution is -0.133. The number of hydrogen-bond acceptors (Lipinski definition) is 3. The van der Waals surface area contributed by atoms with Gasteiger partial charge in [-0.15, -0.1) is 0 Å². The highest BCUT2D eigenvalue weighted by Gasteiger charge is 2.28. The molecule has 0 bridgehead atoms. The first-order chi connectivity index (χ1) is 8.18. The molecule has 0 aromatic rings. The zero-order chi connectivity index (χ0) is 12.3. The fourth-order valence-corrected chi connectivity index (χ4v) is 3.13. The number of amides is 1. The van der Waals surface area contributed by atoms with Gasteiger partial charge in [-0.2, -0.15) is 0 Å². The van der Waals surface area contributed by atoms with Crippen LogP contribution in [0.5, 0.6) is 0 Å². The van der Waals surface area contributed by atoms with Crippen molar-refractivity contribution in [2.75, 3.05) is 39.8 Å². The Morgan fingerprint density at radius 3 is 2.65 bits per heavy atom.